The number of ether oxygens (including phenoxy) is 1. The fraction of sp³-hybridized carbons (Fsp3) is 0.652. The van der Waals surface area contributed by atoms with Crippen LogP contribution in [0.2, 0.25) is 0 Å². The van der Waals surface area contributed by atoms with E-state index in [9.17, 15) is 35.9 Å². The van der Waals surface area contributed by atoms with Gasteiger partial charge in [0.05, 0.1) is 23.1 Å². The van der Waals surface area contributed by atoms with Crippen LogP contribution in [0.3, 0.4) is 0 Å². The molecule has 1 unspecified atom stereocenters. The second-order valence-electron chi connectivity index (χ2n) is 9.16. The van der Waals surface area contributed by atoms with Crippen LogP contribution in [0.5, 0.6) is 0 Å². The highest BCUT2D eigenvalue weighted by Gasteiger charge is 2.49. The molecule has 0 spiro atoms. The molecule has 11 heteroatoms. The molecule has 1 heterocycles. The lowest BCUT2D eigenvalue weighted by atomic mass is 9.80. The molecule has 2 amide bonds. The summed E-state index contributed by atoms with van der Waals surface area (Å²) in [4.78, 5) is 26.9. The minimum Gasteiger partial charge on any atom is -0.449 e. The third kappa shape index (κ3) is 6.56. The lowest BCUT2D eigenvalue weighted by Crippen LogP contribution is -2.44. The van der Waals surface area contributed by atoms with E-state index in [1.807, 2.05) is 6.92 Å². The van der Waals surface area contributed by atoms with Crippen molar-refractivity contribution in [1.29, 1.82) is 0 Å². The molecule has 0 bridgehead atoms. The van der Waals surface area contributed by atoms with Crippen molar-refractivity contribution >= 4 is 12.0 Å². The number of nitrogens with zero attached hydrogens (tertiary/aromatic N) is 1. The summed E-state index contributed by atoms with van der Waals surface area (Å²) in [7, 11) is 0. The number of hydrogen-bond acceptors (Lipinski definition) is 3. The zero-order chi connectivity index (χ0) is 25.1. The second-order valence-corrected chi connectivity index (χ2v) is 9.16. The molecule has 5 nitrogen and oxygen atoms in total. The van der Waals surface area contributed by atoms with E-state index in [-0.39, 0.29) is 24.8 Å². The molecule has 34 heavy (non-hydrogen) atoms. The summed E-state index contributed by atoms with van der Waals surface area (Å²) in [6.07, 6.45) is -6.13. The number of hydrogen-bond donors (Lipinski definition) is 1. The topological polar surface area (TPSA) is 58.6 Å². The first-order valence-corrected chi connectivity index (χ1v) is 11.3. The maximum Gasteiger partial charge on any atom is 0.416 e. The molecular formula is C23H28F6N2O3. The minimum absolute atomic E-state index is 0.0545. The van der Waals surface area contributed by atoms with Crippen molar-refractivity contribution in [2.75, 3.05) is 19.7 Å². The van der Waals surface area contributed by atoms with Crippen molar-refractivity contribution in [2.45, 2.75) is 64.3 Å². The summed E-state index contributed by atoms with van der Waals surface area (Å²) >= 11 is 0. The van der Waals surface area contributed by atoms with Gasteiger partial charge in [0, 0.05) is 19.6 Å². The van der Waals surface area contributed by atoms with Crippen LogP contribution in [0.1, 0.15) is 62.1 Å². The van der Waals surface area contributed by atoms with Gasteiger partial charge in [0.15, 0.2) is 0 Å². The second kappa shape index (κ2) is 10.0. The third-order valence-corrected chi connectivity index (χ3v) is 6.29. The number of unbranched alkanes of at least 4 members (excludes halogenated alkanes) is 1. The van der Waals surface area contributed by atoms with Gasteiger partial charge in [-0.1, -0.05) is 26.2 Å². The van der Waals surface area contributed by atoms with Crippen molar-refractivity contribution in [3.63, 3.8) is 0 Å². The molecule has 1 aromatic rings. The average molecular weight is 494 g/mol. The van der Waals surface area contributed by atoms with Gasteiger partial charge in [-0.25, -0.2) is 4.79 Å². The molecule has 0 aromatic heterocycles. The van der Waals surface area contributed by atoms with Crippen LogP contribution < -0.4 is 5.32 Å². The van der Waals surface area contributed by atoms with Gasteiger partial charge in [0.2, 0.25) is 5.91 Å². The monoisotopic (exact) mass is 494 g/mol. The van der Waals surface area contributed by atoms with Crippen LogP contribution in [0, 0.1) is 11.3 Å². The Balaban J connectivity index is 1.73. The van der Waals surface area contributed by atoms with Gasteiger partial charge in [-0.15, -0.1) is 0 Å². The van der Waals surface area contributed by atoms with E-state index in [1.54, 1.807) is 0 Å². The van der Waals surface area contributed by atoms with Crippen molar-refractivity contribution in [2.24, 2.45) is 11.3 Å². The molecule has 1 aliphatic carbocycles. The predicted octanol–water partition coefficient (Wildman–Crippen LogP) is 5.77. The van der Waals surface area contributed by atoms with E-state index in [0.717, 1.165) is 19.3 Å². The summed E-state index contributed by atoms with van der Waals surface area (Å²) < 4.78 is 83.9. The zero-order valence-electron chi connectivity index (χ0n) is 18.8. The van der Waals surface area contributed by atoms with Crippen molar-refractivity contribution < 1.29 is 40.7 Å². The average Bonchev–Trinajstić information content (AvgIpc) is 3.46. The molecular weight excluding hydrogens is 466 g/mol. The zero-order valence-corrected chi connectivity index (χ0v) is 18.8. The highest BCUT2D eigenvalue weighted by Crippen LogP contribution is 2.45. The quantitative estimate of drug-likeness (QED) is 0.369. The Kier molecular flexibility index (Phi) is 7.72. The Labute approximate surface area is 193 Å². The Bertz CT molecular complexity index is 865. The number of halogens is 6. The summed E-state index contributed by atoms with van der Waals surface area (Å²) in [5, 5.41) is 2.53. The molecule has 0 radical (unpaired) electrons. The van der Waals surface area contributed by atoms with Gasteiger partial charge in [-0.05, 0) is 48.9 Å². The molecule has 1 saturated heterocycles. The number of benzene rings is 1. The van der Waals surface area contributed by atoms with Crippen LogP contribution >= 0.6 is 0 Å². The SMILES string of the molecule is CCCCOC(=O)N1CCC(CC2CC2)(C(=O)NCc2cc(C(F)(F)F)cc(C(F)(F)F)c2)C1. The van der Waals surface area contributed by atoms with Gasteiger partial charge in [-0.3, -0.25) is 4.79 Å². The summed E-state index contributed by atoms with van der Waals surface area (Å²) in [5.41, 5.74) is -4.10. The van der Waals surface area contributed by atoms with Gasteiger partial charge < -0.3 is 15.0 Å². The Hall–Kier alpha value is -2.46. The summed E-state index contributed by atoms with van der Waals surface area (Å²) in [6.45, 7) is 2.14. The highest BCUT2D eigenvalue weighted by molar-refractivity contribution is 5.84. The number of carbonyl (C=O) groups is 2. The van der Waals surface area contributed by atoms with Crippen LogP contribution in [0.25, 0.3) is 0 Å². The third-order valence-electron chi connectivity index (χ3n) is 6.29. The number of rotatable bonds is 8. The van der Waals surface area contributed by atoms with E-state index in [1.165, 1.54) is 4.90 Å². The van der Waals surface area contributed by atoms with Crippen LogP contribution in [-0.2, 0) is 28.4 Å². The number of nitrogens with one attached hydrogen (secondary N) is 1. The van der Waals surface area contributed by atoms with E-state index in [2.05, 4.69) is 5.32 Å². The molecule has 3 rings (SSSR count). The molecule has 1 aromatic carbocycles. The first kappa shape index (κ1) is 26.2. The van der Waals surface area contributed by atoms with E-state index in [0.29, 0.717) is 43.9 Å². The van der Waals surface area contributed by atoms with Gasteiger partial charge >= 0.3 is 18.4 Å². The lowest BCUT2D eigenvalue weighted by molar-refractivity contribution is -0.143. The molecule has 2 fully saturated rings. The van der Waals surface area contributed by atoms with Crippen molar-refractivity contribution in [1.82, 2.24) is 10.2 Å². The smallest absolute Gasteiger partial charge is 0.416 e. The molecule has 1 N–H and O–H groups in total. The summed E-state index contributed by atoms with van der Waals surface area (Å²) in [6, 6.07) is 1.27. The maximum atomic E-state index is 13.2. The maximum absolute atomic E-state index is 13.2. The van der Waals surface area contributed by atoms with Crippen LogP contribution in [-0.4, -0.2) is 36.6 Å². The number of carbonyl (C=O) groups excluding carboxylic acids is 2. The normalized spacial score (nSPS) is 21.0. The van der Waals surface area contributed by atoms with E-state index >= 15 is 0 Å². The first-order chi connectivity index (χ1) is 15.8. The first-order valence-electron chi connectivity index (χ1n) is 11.3. The number of likely N-dealkylation sites (tertiary alicyclic amines) is 1. The van der Waals surface area contributed by atoms with Gasteiger partial charge in [0.1, 0.15) is 0 Å². The standard InChI is InChI=1S/C23H28F6N2O3/c1-2-3-8-34-20(33)31-7-6-21(14-31,12-15-4-5-15)19(32)30-13-16-9-17(22(24,25)26)11-18(10-16)23(27,28)29/h9-11,15H,2-8,12-14H2,1H3,(H,30,32). The Morgan fingerprint density at radius 2 is 1.71 bits per heavy atom. The molecule has 190 valence electrons. The largest absolute Gasteiger partial charge is 0.449 e. The van der Waals surface area contributed by atoms with E-state index in [4.69, 9.17) is 4.74 Å². The Morgan fingerprint density at radius 3 is 2.24 bits per heavy atom. The Morgan fingerprint density at radius 1 is 1.09 bits per heavy atom. The van der Waals surface area contributed by atoms with Crippen LogP contribution in [0.4, 0.5) is 31.1 Å². The van der Waals surface area contributed by atoms with Crippen LogP contribution in [0.15, 0.2) is 18.2 Å². The molecule has 1 aliphatic heterocycles. The minimum atomic E-state index is -4.96. The van der Waals surface area contributed by atoms with Gasteiger partial charge in [0.25, 0.3) is 0 Å². The van der Waals surface area contributed by atoms with E-state index < -0.39 is 47.4 Å². The molecule has 1 atom stereocenters. The fourth-order valence-corrected chi connectivity index (χ4v) is 4.23. The van der Waals surface area contributed by atoms with Crippen molar-refractivity contribution in [3.8, 4) is 0 Å². The predicted molar refractivity (Wildman–Crippen MR) is 111 cm³/mol. The van der Waals surface area contributed by atoms with Gasteiger partial charge in [-0.2, -0.15) is 26.3 Å². The lowest BCUT2D eigenvalue weighted by Gasteiger charge is -2.28. The fourth-order valence-electron chi connectivity index (χ4n) is 4.23. The molecule has 2 aliphatic rings. The number of alkyl halides is 6. The summed E-state index contributed by atoms with van der Waals surface area (Å²) in [5.74, 6) is -0.165. The molecule has 1 saturated carbocycles. The highest BCUT2D eigenvalue weighted by atomic mass is 19.4. The van der Waals surface area contributed by atoms with Crippen molar-refractivity contribution in [3.05, 3.63) is 34.9 Å². The number of amides is 2.